The molecule has 1 fully saturated rings. The quantitative estimate of drug-likeness (QED) is 0.744. The molecular formula is C25H30F3N3O. The summed E-state index contributed by atoms with van der Waals surface area (Å²) in [5, 5.41) is 3.02. The van der Waals surface area contributed by atoms with Crippen LogP contribution < -0.4 is 10.2 Å². The van der Waals surface area contributed by atoms with E-state index >= 15 is 0 Å². The van der Waals surface area contributed by atoms with Gasteiger partial charge >= 0.3 is 6.18 Å². The zero-order chi connectivity index (χ0) is 22.9. The lowest BCUT2D eigenvalue weighted by Crippen LogP contribution is -2.61. The van der Waals surface area contributed by atoms with Crippen molar-refractivity contribution in [2.75, 3.05) is 31.1 Å². The van der Waals surface area contributed by atoms with Crippen molar-refractivity contribution >= 4 is 11.6 Å². The summed E-state index contributed by atoms with van der Waals surface area (Å²) in [4.78, 5) is 17.6. The predicted molar refractivity (Wildman–Crippen MR) is 119 cm³/mol. The van der Waals surface area contributed by atoms with Crippen LogP contribution in [0.4, 0.5) is 18.9 Å². The molecule has 7 heteroatoms. The lowest BCUT2D eigenvalue weighted by molar-refractivity contribution is -0.137. The Hall–Kier alpha value is -2.54. The van der Waals surface area contributed by atoms with Crippen molar-refractivity contribution in [3.63, 3.8) is 0 Å². The summed E-state index contributed by atoms with van der Waals surface area (Å²) in [7, 11) is 0. The number of halogens is 3. The van der Waals surface area contributed by atoms with E-state index in [0.717, 1.165) is 24.8 Å². The molecule has 2 aliphatic heterocycles. The Morgan fingerprint density at radius 3 is 2.56 bits per heavy atom. The maximum Gasteiger partial charge on any atom is 0.416 e. The van der Waals surface area contributed by atoms with Crippen LogP contribution in [-0.2, 0) is 23.9 Å². The average molecular weight is 446 g/mol. The topological polar surface area (TPSA) is 35.6 Å². The van der Waals surface area contributed by atoms with Crippen LogP contribution in [0.3, 0.4) is 0 Å². The minimum atomic E-state index is -4.39. The molecule has 0 saturated carbocycles. The van der Waals surface area contributed by atoms with Gasteiger partial charge in [0.2, 0.25) is 5.91 Å². The SMILES string of the molecule is CC(C)CNC(=O)C1Cc2cc(C(F)(F)F)ccc2N2CCN(Cc3ccccc3)CC12. The lowest BCUT2D eigenvalue weighted by atomic mass is 9.82. The Morgan fingerprint density at radius 1 is 1.12 bits per heavy atom. The lowest BCUT2D eigenvalue weighted by Gasteiger charge is -2.49. The summed E-state index contributed by atoms with van der Waals surface area (Å²) < 4.78 is 39.9. The van der Waals surface area contributed by atoms with Crippen LogP contribution in [0, 0.1) is 11.8 Å². The van der Waals surface area contributed by atoms with Gasteiger partial charge in [0.15, 0.2) is 0 Å². The largest absolute Gasteiger partial charge is 0.416 e. The zero-order valence-corrected chi connectivity index (χ0v) is 18.5. The third-order valence-electron chi connectivity index (χ3n) is 6.39. The number of carbonyl (C=O) groups is 1. The molecular weight excluding hydrogens is 415 g/mol. The molecule has 2 heterocycles. The predicted octanol–water partition coefficient (Wildman–Crippen LogP) is 4.34. The van der Waals surface area contributed by atoms with E-state index in [1.54, 1.807) is 6.07 Å². The van der Waals surface area contributed by atoms with Crippen molar-refractivity contribution in [3.05, 3.63) is 65.2 Å². The number of anilines is 1. The average Bonchev–Trinajstić information content (AvgIpc) is 2.76. The first-order valence-corrected chi connectivity index (χ1v) is 11.2. The molecule has 32 heavy (non-hydrogen) atoms. The van der Waals surface area contributed by atoms with Gasteiger partial charge in [0.05, 0.1) is 17.5 Å². The van der Waals surface area contributed by atoms with Gasteiger partial charge in [0.25, 0.3) is 0 Å². The molecule has 4 rings (SSSR count). The van der Waals surface area contributed by atoms with Gasteiger partial charge in [0, 0.05) is 38.4 Å². The van der Waals surface area contributed by atoms with Crippen molar-refractivity contribution in [1.82, 2.24) is 10.2 Å². The molecule has 1 N–H and O–H groups in total. The Kier molecular flexibility index (Phi) is 6.47. The van der Waals surface area contributed by atoms with Crippen LogP contribution in [0.1, 0.15) is 30.5 Å². The molecule has 0 bridgehead atoms. The van der Waals surface area contributed by atoms with Gasteiger partial charge in [-0.2, -0.15) is 13.2 Å². The fourth-order valence-corrected chi connectivity index (χ4v) is 4.78. The first kappa shape index (κ1) is 22.6. The number of benzene rings is 2. The Bertz CT molecular complexity index is 945. The molecule has 2 unspecified atom stereocenters. The number of piperazine rings is 1. The number of hydrogen-bond donors (Lipinski definition) is 1. The smallest absolute Gasteiger partial charge is 0.365 e. The van der Waals surface area contributed by atoms with Gasteiger partial charge in [-0.25, -0.2) is 0 Å². The van der Waals surface area contributed by atoms with E-state index in [4.69, 9.17) is 0 Å². The summed E-state index contributed by atoms with van der Waals surface area (Å²) in [6, 6.07) is 14.1. The third kappa shape index (κ3) is 4.93. The number of rotatable bonds is 5. The number of nitrogens with one attached hydrogen (secondary N) is 1. The normalized spacial score (nSPS) is 21.2. The molecule has 0 aromatic heterocycles. The van der Waals surface area contributed by atoms with Crippen LogP contribution in [0.2, 0.25) is 0 Å². The summed E-state index contributed by atoms with van der Waals surface area (Å²) in [6.45, 7) is 7.60. The second-order valence-corrected chi connectivity index (χ2v) is 9.27. The Morgan fingerprint density at radius 2 is 1.88 bits per heavy atom. The van der Waals surface area contributed by atoms with Crippen LogP contribution in [-0.4, -0.2) is 43.0 Å². The summed E-state index contributed by atoms with van der Waals surface area (Å²) >= 11 is 0. The Balaban J connectivity index is 1.61. The van der Waals surface area contributed by atoms with Crippen LogP contribution in [0.15, 0.2) is 48.5 Å². The van der Waals surface area contributed by atoms with E-state index in [9.17, 15) is 18.0 Å². The van der Waals surface area contributed by atoms with Gasteiger partial charge < -0.3 is 10.2 Å². The first-order chi connectivity index (χ1) is 15.2. The third-order valence-corrected chi connectivity index (χ3v) is 6.39. The number of carbonyl (C=O) groups excluding carboxylic acids is 1. The number of alkyl halides is 3. The highest BCUT2D eigenvalue weighted by Gasteiger charge is 2.42. The molecule has 2 aromatic carbocycles. The Labute approximate surface area is 187 Å². The number of nitrogens with zero attached hydrogens (tertiary/aromatic N) is 2. The molecule has 2 atom stereocenters. The molecule has 4 nitrogen and oxygen atoms in total. The number of amides is 1. The van der Waals surface area contributed by atoms with Crippen LogP contribution >= 0.6 is 0 Å². The molecule has 172 valence electrons. The fraction of sp³-hybridized carbons (Fsp3) is 0.480. The monoisotopic (exact) mass is 445 g/mol. The molecule has 2 aromatic rings. The zero-order valence-electron chi connectivity index (χ0n) is 18.5. The fourth-order valence-electron chi connectivity index (χ4n) is 4.78. The summed E-state index contributed by atoms with van der Waals surface area (Å²) in [5.74, 6) is -0.148. The second kappa shape index (κ2) is 9.14. The van der Waals surface area contributed by atoms with Crippen LogP contribution in [0.25, 0.3) is 0 Å². The highest BCUT2D eigenvalue weighted by atomic mass is 19.4. The van der Waals surface area contributed by atoms with E-state index in [2.05, 4.69) is 27.2 Å². The standard InChI is InChI=1S/C25H30F3N3O/c1-17(2)14-29-24(32)21-13-19-12-20(25(26,27)28)8-9-22(19)31-11-10-30(16-23(21)31)15-18-6-4-3-5-7-18/h3-9,12,17,21,23H,10-11,13-16H2,1-2H3,(H,29,32). The van der Waals surface area contributed by atoms with E-state index in [1.165, 1.54) is 11.6 Å². The van der Waals surface area contributed by atoms with Gasteiger partial charge in [-0.15, -0.1) is 0 Å². The van der Waals surface area contributed by atoms with Crippen molar-refractivity contribution in [3.8, 4) is 0 Å². The molecule has 0 spiro atoms. The minimum Gasteiger partial charge on any atom is -0.365 e. The molecule has 0 radical (unpaired) electrons. The highest BCUT2D eigenvalue weighted by molar-refractivity contribution is 5.82. The number of fused-ring (bicyclic) bond motifs is 3. The van der Waals surface area contributed by atoms with Crippen molar-refractivity contribution < 1.29 is 18.0 Å². The van der Waals surface area contributed by atoms with Crippen molar-refractivity contribution in [1.29, 1.82) is 0 Å². The van der Waals surface area contributed by atoms with Crippen molar-refractivity contribution in [2.24, 2.45) is 11.8 Å². The van der Waals surface area contributed by atoms with E-state index in [1.807, 2.05) is 32.0 Å². The van der Waals surface area contributed by atoms with Crippen LogP contribution in [0.5, 0.6) is 0 Å². The van der Waals surface area contributed by atoms with E-state index in [0.29, 0.717) is 37.5 Å². The second-order valence-electron chi connectivity index (χ2n) is 9.27. The molecule has 0 aliphatic carbocycles. The maximum atomic E-state index is 13.3. The maximum absolute atomic E-state index is 13.3. The van der Waals surface area contributed by atoms with Crippen molar-refractivity contribution in [2.45, 2.75) is 39.0 Å². The molecule has 1 amide bonds. The minimum absolute atomic E-state index is 0.0659. The van der Waals surface area contributed by atoms with Gasteiger partial charge in [-0.1, -0.05) is 44.2 Å². The number of hydrogen-bond acceptors (Lipinski definition) is 3. The summed E-state index contributed by atoms with van der Waals surface area (Å²) in [5.41, 5.74) is 2.00. The van der Waals surface area contributed by atoms with Gasteiger partial charge in [-0.3, -0.25) is 9.69 Å². The van der Waals surface area contributed by atoms with E-state index < -0.39 is 11.7 Å². The molecule has 1 saturated heterocycles. The molecule has 2 aliphatic rings. The first-order valence-electron chi connectivity index (χ1n) is 11.2. The van der Waals surface area contributed by atoms with Gasteiger partial charge in [-0.05, 0) is 41.7 Å². The van der Waals surface area contributed by atoms with Gasteiger partial charge in [0.1, 0.15) is 0 Å². The highest BCUT2D eigenvalue weighted by Crippen LogP contribution is 2.39. The van der Waals surface area contributed by atoms with E-state index in [-0.39, 0.29) is 17.9 Å². The summed E-state index contributed by atoms with van der Waals surface area (Å²) in [6.07, 6.45) is -4.07.